The largest absolute Gasteiger partial charge is 0.504 e. The second kappa shape index (κ2) is 9.33. The number of amides is 4. The second-order valence-corrected chi connectivity index (χ2v) is 12.9. The Kier molecular flexibility index (Phi) is 6.36. The smallest absolute Gasteiger partial charge is 0.253 e. The molecule has 1 N–H and O–H groups in total. The molecule has 2 aliphatic heterocycles. The van der Waals surface area contributed by atoms with Crippen LogP contribution in [0.4, 0.5) is 0 Å². The van der Waals surface area contributed by atoms with E-state index >= 15 is 0 Å². The lowest BCUT2D eigenvalue weighted by Gasteiger charge is -2.50. The monoisotopic (exact) mass is 646 g/mol. The zero-order valence-electron chi connectivity index (χ0n) is 21.6. The van der Waals surface area contributed by atoms with E-state index in [-0.39, 0.29) is 48.3 Å². The normalized spacial score (nSPS) is 33.1. The van der Waals surface area contributed by atoms with Gasteiger partial charge in [0.15, 0.2) is 21.2 Å². The summed E-state index contributed by atoms with van der Waals surface area (Å²) in [5, 5.41) is 11.3. The predicted molar refractivity (Wildman–Crippen MR) is 150 cm³/mol. The van der Waals surface area contributed by atoms with Crippen molar-refractivity contribution in [1.29, 1.82) is 0 Å². The van der Waals surface area contributed by atoms with Crippen molar-refractivity contribution < 1.29 is 29.0 Å². The number of rotatable bonds is 4. The maximum absolute atomic E-state index is 13.9. The number of carbonyl (C=O) groups is 4. The number of hydrogen-bond acceptors (Lipinski definition) is 6. The first kappa shape index (κ1) is 27.3. The van der Waals surface area contributed by atoms with Crippen LogP contribution in [0.3, 0.4) is 0 Å². The van der Waals surface area contributed by atoms with Gasteiger partial charge in [-0.2, -0.15) is 0 Å². The van der Waals surface area contributed by atoms with Gasteiger partial charge in [0.25, 0.3) is 11.8 Å². The van der Waals surface area contributed by atoms with Gasteiger partial charge in [-0.15, -0.1) is 23.2 Å². The van der Waals surface area contributed by atoms with Crippen LogP contribution in [-0.2, 0) is 25.7 Å². The average molecular weight is 648 g/mol. The molecular formula is C29H25BrCl2N2O6. The summed E-state index contributed by atoms with van der Waals surface area (Å²) in [6.45, 7) is 0.131. The molecule has 2 saturated heterocycles. The van der Waals surface area contributed by atoms with Crippen LogP contribution in [0.5, 0.6) is 11.5 Å². The Hall–Kier alpha value is -2.88. The van der Waals surface area contributed by atoms with E-state index in [0.29, 0.717) is 10.0 Å². The summed E-state index contributed by atoms with van der Waals surface area (Å²) in [5.74, 6) is -5.31. The number of likely N-dealkylation sites (tertiary alicyclic amines) is 2. The van der Waals surface area contributed by atoms with Gasteiger partial charge in [-0.05, 0) is 36.5 Å². The van der Waals surface area contributed by atoms with Gasteiger partial charge in [0.1, 0.15) is 0 Å². The number of allylic oxidation sites excluding steroid dienone is 2. The first-order valence-corrected chi connectivity index (χ1v) is 14.4. The number of methoxy groups -OCH3 is 1. The Balaban J connectivity index is 1.51. The van der Waals surface area contributed by atoms with Crippen LogP contribution < -0.4 is 4.74 Å². The van der Waals surface area contributed by atoms with E-state index in [2.05, 4.69) is 15.9 Å². The molecule has 0 bridgehead atoms. The van der Waals surface area contributed by atoms with Crippen molar-refractivity contribution >= 4 is 62.8 Å². The molecule has 3 fully saturated rings. The molecule has 0 unspecified atom stereocenters. The van der Waals surface area contributed by atoms with Crippen LogP contribution in [-0.4, -0.2) is 62.4 Å². The number of carbonyl (C=O) groups excluding carboxylic acids is 4. The Morgan fingerprint density at radius 3 is 2.42 bits per heavy atom. The highest BCUT2D eigenvalue weighted by atomic mass is 79.9. The summed E-state index contributed by atoms with van der Waals surface area (Å²) < 4.78 is 5.90. The number of imide groups is 2. The van der Waals surface area contributed by atoms with E-state index in [9.17, 15) is 24.3 Å². The van der Waals surface area contributed by atoms with Gasteiger partial charge in [0.05, 0.1) is 25.5 Å². The third-order valence-electron chi connectivity index (χ3n) is 8.89. The van der Waals surface area contributed by atoms with Crippen LogP contribution in [0.1, 0.15) is 29.9 Å². The third-order valence-corrected chi connectivity index (χ3v) is 10.8. The number of phenolic OH excluding ortho intramolecular Hbond substituents is 1. The molecule has 40 heavy (non-hydrogen) atoms. The quantitative estimate of drug-likeness (QED) is 0.301. The molecule has 1 saturated carbocycles. The molecule has 4 aliphatic rings. The summed E-state index contributed by atoms with van der Waals surface area (Å²) in [6, 6.07) is 12.4. The maximum Gasteiger partial charge on any atom is 0.253 e. The highest BCUT2D eigenvalue weighted by molar-refractivity contribution is 9.10. The third kappa shape index (κ3) is 3.50. The number of phenols is 1. The summed E-state index contributed by atoms with van der Waals surface area (Å²) in [7, 11) is 2.71. The maximum atomic E-state index is 13.9. The van der Waals surface area contributed by atoms with Crippen molar-refractivity contribution in [3.63, 3.8) is 0 Å². The topological polar surface area (TPSA) is 104 Å². The number of halogens is 3. The molecule has 2 aromatic carbocycles. The SMILES string of the molecule is COc1cc(Br)cc([C@H]2C3=CC[C@@H]4C(=O)N(Cc5ccccc5)C(=O)[C@@H]4[C@@H]3C[C@@]3(Cl)C(=O)N(C)C(=O)[C@@]23Cl)c1O. The molecular weight excluding hydrogens is 623 g/mol. The van der Waals surface area contributed by atoms with Gasteiger partial charge in [-0.1, -0.05) is 57.9 Å². The Labute approximate surface area is 249 Å². The Morgan fingerprint density at radius 1 is 1.05 bits per heavy atom. The number of alkyl halides is 2. The number of fused-ring (bicyclic) bond motifs is 4. The van der Waals surface area contributed by atoms with E-state index in [1.807, 2.05) is 36.4 Å². The molecule has 11 heteroatoms. The van der Waals surface area contributed by atoms with E-state index in [0.717, 1.165) is 10.5 Å². The van der Waals surface area contributed by atoms with Crippen LogP contribution in [0.2, 0.25) is 0 Å². The predicted octanol–water partition coefficient (Wildman–Crippen LogP) is 4.35. The van der Waals surface area contributed by atoms with Gasteiger partial charge in [-0.3, -0.25) is 29.0 Å². The second-order valence-electron chi connectivity index (χ2n) is 10.8. The molecule has 0 aromatic heterocycles. The van der Waals surface area contributed by atoms with Crippen molar-refractivity contribution in [2.45, 2.75) is 35.1 Å². The molecule has 208 valence electrons. The van der Waals surface area contributed by atoms with Gasteiger partial charge < -0.3 is 9.84 Å². The van der Waals surface area contributed by atoms with Crippen LogP contribution in [0.15, 0.2) is 58.6 Å². The fraction of sp³-hybridized carbons (Fsp3) is 0.379. The summed E-state index contributed by atoms with van der Waals surface area (Å²) in [6.07, 6.45) is 1.97. The molecule has 6 atom stereocenters. The first-order valence-electron chi connectivity index (χ1n) is 12.8. The van der Waals surface area contributed by atoms with E-state index in [4.69, 9.17) is 27.9 Å². The number of nitrogens with zero attached hydrogens (tertiary/aromatic N) is 2. The summed E-state index contributed by atoms with van der Waals surface area (Å²) in [5.41, 5.74) is 1.65. The van der Waals surface area contributed by atoms with Gasteiger partial charge >= 0.3 is 0 Å². The lowest BCUT2D eigenvalue weighted by atomic mass is 9.56. The Morgan fingerprint density at radius 2 is 1.75 bits per heavy atom. The lowest BCUT2D eigenvalue weighted by Crippen LogP contribution is -2.60. The van der Waals surface area contributed by atoms with Crippen molar-refractivity contribution in [3.8, 4) is 11.5 Å². The lowest BCUT2D eigenvalue weighted by molar-refractivity contribution is -0.141. The molecule has 6 rings (SSSR count). The zero-order chi connectivity index (χ0) is 28.7. The minimum atomic E-state index is -1.99. The standard InChI is InChI=1S/C29H25BrCl2N2O6/c1-33-26(38)28(31)12-19-16(22(29(28,32)27(33)39)18-10-15(30)11-20(40-2)23(18)35)8-9-17-21(19)25(37)34(24(17)36)13-14-6-4-3-5-7-14/h3-8,10-11,17,19,21-22,35H,9,12-13H2,1-2H3/t17-,19+,21-,22+,28+,29-/m0/s1. The summed E-state index contributed by atoms with van der Waals surface area (Å²) in [4.78, 5) is 53.0. The minimum absolute atomic E-state index is 0.111. The highest BCUT2D eigenvalue weighted by Gasteiger charge is 2.76. The van der Waals surface area contributed by atoms with Crippen molar-refractivity contribution in [1.82, 2.24) is 9.80 Å². The minimum Gasteiger partial charge on any atom is -0.504 e. The number of benzene rings is 2. The zero-order valence-corrected chi connectivity index (χ0v) is 24.7. The average Bonchev–Trinajstić information content (AvgIpc) is 3.25. The number of ether oxygens (including phenoxy) is 1. The van der Waals surface area contributed by atoms with Crippen LogP contribution in [0, 0.1) is 17.8 Å². The van der Waals surface area contributed by atoms with Crippen molar-refractivity contribution in [2.75, 3.05) is 14.2 Å². The number of hydrogen-bond donors (Lipinski definition) is 1. The summed E-state index contributed by atoms with van der Waals surface area (Å²) >= 11 is 17.8. The first-order chi connectivity index (χ1) is 19.0. The van der Waals surface area contributed by atoms with E-state index < -0.39 is 45.2 Å². The molecule has 0 spiro atoms. The van der Waals surface area contributed by atoms with Crippen molar-refractivity contribution in [3.05, 3.63) is 69.7 Å². The number of aromatic hydroxyl groups is 1. The van der Waals surface area contributed by atoms with Crippen LogP contribution in [0.25, 0.3) is 0 Å². The van der Waals surface area contributed by atoms with Gasteiger partial charge in [0, 0.05) is 23.0 Å². The van der Waals surface area contributed by atoms with Crippen molar-refractivity contribution in [2.24, 2.45) is 17.8 Å². The Bertz CT molecular complexity index is 1520. The molecule has 2 aromatic rings. The van der Waals surface area contributed by atoms with Crippen LogP contribution >= 0.6 is 39.1 Å². The molecule has 8 nitrogen and oxygen atoms in total. The van der Waals surface area contributed by atoms with Gasteiger partial charge in [0.2, 0.25) is 11.8 Å². The molecule has 2 aliphatic carbocycles. The fourth-order valence-corrected chi connectivity index (χ4v) is 8.51. The van der Waals surface area contributed by atoms with E-state index in [1.165, 1.54) is 19.1 Å². The highest BCUT2D eigenvalue weighted by Crippen LogP contribution is 2.66. The molecule has 2 heterocycles. The molecule has 0 radical (unpaired) electrons. The van der Waals surface area contributed by atoms with Gasteiger partial charge in [-0.25, -0.2) is 0 Å². The molecule has 4 amide bonds. The fourth-order valence-electron chi connectivity index (χ4n) is 7.05. The van der Waals surface area contributed by atoms with E-state index in [1.54, 1.807) is 12.1 Å².